The van der Waals surface area contributed by atoms with Gasteiger partial charge in [-0.05, 0) is 68.6 Å². The van der Waals surface area contributed by atoms with Crippen LogP contribution >= 0.6 is 0 Å². The second-order valence-corrected chi connectivity index (χ2v) is 11.7. The first-order chi connectivity index (χ1) is 22.2. The molecule has 0 spiro atoms. The molecule has 2 fully saturated rings. The van der Waals surface area contributed by atoms with E-state index >= 15 is 0 Å². The van der Waals surface area contributed by atoms with Crippen molar-refractivity contribution in [1.82, 2.24) is 25.5 Å². The summed E-state index contributed by atoms with van der Waals surface area (Å²) in [4.78, 5) is 41.8. The number of alkyl halides is 3. The third-order valence-electron chi connectivity index (χ3n) is 8.88. The predicted octanol–water partition coefficient (Wildman–Crippen LogP) is 4.74. The number of carbonyl (C=O) groups excluding carboxylic acids is 2. The number of nitrogens with zero attached hydrogens (tertiary/aromatic N) is 5. The van der Waals surface area contributed by atoms with E-state index in [0.29, 0.717) is 67.5 Å². The molecule has 13 heteroatoms. The van der Waals surface area contributed by atoms with Crippen LogP contribution < -0.4 is 25.2 Å². The van der Waals surface area contributed by atoms with Crippen LogP contribution in [0.15, 0.2) is 48.7 Å². The minimum atomic E-state index is -4.57. The lowest BCUT2D eigenvalue weighted by molar-refractivity contribution is -0.137. The molecule has 5 heterocycles. The zero-order valence-corrected chi connectivity index (χ0v) is 25.9. The molecule has 2 aromatic heterocycles. The SMILES string of the molecule is CCOc1ncccc1-c1ccc(N2CCN(C(=O)N3CCc4cccc(C(F)(F)F)c43)C[C@H]2CC)c(C(=O)N[C@@H]2CCNC2)n1. The fourth-order valence-corrected chi connectivity index (χ4v) is 6.61. The van der Waals surface area contributed by atoms with E-state index in [1.807, 2.05) is 32.0 Å². The van der Waals surface area contributed by atoms with E-state index < -0.39 is 17.8 Å². The number of amides is 3. The minimum absolute atomic E-state index is 0.0236. The Kier molecular flexibility index (Phi) is 9.03. The number of aromatic nitrogens is 2. The number of carbonyl (C=O) groups is 2. The van der Waals surface area contributed by atoms with E-state index in [4.69, 9.17) is 9.72 Å². The van der Waals surface area contributed by atoms with Gasteiger partial charge in [-0.1, -0.05) is 19.1 Å². The van der Waals surface area contributed by atoms with Crippen molar-refractivity contribution in [2.45, 2.75) is 51.4 Å². The largest absolute Gasteiger partial charge is 0.477 e. The van der Waals surface area contributed by atoms with Crippen molar-refractivity contribution >= 4 is 23.3 Å². The van der Waals surface area contributed by atoms with Gasteiger partial charge in [0.2, 0.25) is 5.88 Å². The van der Waals surface area contributed by atoms with Crippen molar-refractivity contribution in [2.24, 2.45) is 0 Å². The molecule has 0 unspecified atom stereocenters. The van der Waals surface area contributed by atoms with E-state index in [1.54, 1.807) is 23.2 Å². The molecule has 1 aromatic carbocycles. The molecule has 0 radical (unpaired) electrons. The molecule has 3 aliphatic rings. The summed E-state index contributed by atoms with van der Waals surface area (Å²) in [5.41, 5.74) is 1.80. The Balaban J connectivity index is 1.29. The number of fused-ring (bicyclic) bond motifs is 1. The minimum Gasteiger partial charge on any atom is -0.477 e. The molecule has 2 saturated heterocycles. The molecule has 3 aromatic rings. The van der Waals surface area contributed by atoms with Crippen LogP contribution in [0.4, 0.5) is 29.3 Å². The lowest BCUT2D eigenvalue weighted by Crippen LogP contribution is -2.57. The number of hydrogen-bond donors (Lipinski definition) is 2. The maximum Gasteiger partial charge on any atom is 0.418 e. The lowest BCUT2D eigenvalue weighted by Gasteiger charge is -2.44. The first kappa shape index (κ1) is 31.6. The van der Waals surface area contributed by atoms with Gasteiger partial charge in [-0.25, -0.2) is 14.8 Å². The van der Waals surface area contributed by atoms with Crippen LogP contribution in [-0.4, -0.2) is 84.8 Å². The molecular weight excluding hydrogens is 599 g/mol. The lowest BCUT2D eigenvalue weighted by atomic mass is 10.1. The van der Waals surface area contributed by atoms with Crippen LogP contribution in [0.3, 0.4) is 0 Å². The summed E-state index contributed by atoms with van der Waals surface area (Å²) in [6.45, 7) is 6.93. The highest BCUT2D eigenvalue weighted by Crippen LogP contribution is 2.42. The summed E-state index contributed by atoms with van der Waals surface area (Å²) >= 11 is 0. The van der Waals surface area contributed by atoms with Crippen molar-refractivity contribution in [1.29, 1.82) is 0 Å². The number of benzene rings is 1. The molecule has 0 saturated carbocycles. The average Bonchev–Trinajstić information content (AvgIpc) is 3.74. The molecule has 244 valence electrons. The van der Waals surface area contributed by atoms with Crippen molar-refractivity contribution < 1.29 is 27.5 Å². The highest BCUT2D eigenvalue weighted by molar-refractivity contribution is 5.99. The molecule has 0 aliphatic carbocycles. The summed E-state index contributed by atoms with van der Waals surface area (Å²) < 4.78 is 47.4. The van der Waals surface area contributed by atoms with E-state index in [1.165, 1.54) is 11.0 Å². The van der Waals surface area contributed by atoms with E-state index in [0.717, 1.165) is 19.0 Å². The number of rotatable bonds is 7. The number of halogens is 3. The second-order valence-electron chi connectivity index (χ2n) is 11.7. The summed E-state index contributed by atoms with van der Waals surface area (Å²) in [5, 5.41) is 6.38. The molecule has 0 bridgehead atoms. The predicted molar refractivity (Wildman–Crippen MR) is 168 cm³/mol. The Morgan fingerprint density at radius 1 is 1.09 bits per heavy atom. The van der Waals surface area contributed by atoms with Crippen molar-refractivity contribution in [2.75, 3.05) is 55.7 Å². The van der Waals surface area contributed by atoms with Gasteiger partial charge in [0.05, 0.1) is 34.8 Å². The first-order valence-corrected chi connectivity index (χ1v) is 15.8. The van der Waals surface area contributed by atoms with Gasteiger partial charge in [0.1, 0.15) is 0 Å². The topological polar surface area (TPSA) is 103 Å². The van der Waals surface area contributed by atoms with Gasteiger partial charge >= 0.3 is 12.2 Å². The van der Waals surface area contributed by atoms with Crippen LogP contribution in [0.25, 0.3) is 11.3 Å². The summed E-state index contributed by atoms with van der Waals surface area (Å²) in [6.07, 6.45) is -1.10. The fraction of sp³-hybridized carbons (Fsp3) is 0.455. The van der Waals surface area contributed by atoms with Gasteiger partial charge in [0.25, 0.3) is 5.91 Å². The Morgan fingerprint density at radius 3 is 2.67 bits per heavy atom. The van der Waals surface area contributed by atoms with Gasteiger partial charge in [0, 0.05) is 51.0 Å². The normalized spacial score (nSPS) is 19.7. The maximum atomic E-state index is 13.9. The molecule has 3 amide bonds. The van der Waals surface area contributed by atoms with Gasteiger partial charge in [0.15, 0.2) is 5.69 Å². The molecule has 2 N–H and O–H groups in total. The third-order valence-corrected chi connectivity index (χ3v) is 8.88. The highest BCUT2D eigenvalue weighted by atomic mass is 19.4. The van der Waals surface area contributed by atoms with Crippen molar-refractivity contribution in [3.05, 3.63) is 65.5 Å². The van der Waals surface area contributed by atoms with Crippen LogP contribution in [0.2, 0.25) is 0 Å². The number of para-hydroxylation sites is 1. The number of ether oxygens (including phenoxy) is 1. The molecule has 10 nitrogen and oxygen atoms in total. The molecule has 46 heavy (non-hydrogen) atoms. The Labute approximate surface area is 265 Å². The average molecular weight is 638 g/mol. The molecule has 3 aliphatic heterocycles. The Morgan fingerprint density at radius 2 is 1.93 bits per heavy atom. The zero-order chi connectivity index (χ0) is 32.4. The number of hydrogen-bond acceptors (Lipinski definition) is 7. The smallest absolute Gasteiger partial charge is 0.418 e. The van der Waals surface area contributed by atoms with Gasteiger partial charge < -0.3 is 25.2 Å². The fourth-order valence-electron chi connectivity index (χ4n) is 6.61. The zero-order valence-electron chi connectivity index (χ0n) is 25.9. The van der Waals surface area contributed by atoms with E-state index in [2.05, 4.69) is 20.5 Å². The first-order valence-electron chi connectivity index (χ1n) is 15.8. The third kappa shape index (κ3) is 6.20. The van der Waals surface area contributed by atoms with E-state index in [9.17, 15) is 22.8 Å². The molecular formula is C33H38F3N7O3. The second kappa shape index (κ2) is 13.1. The van der Waals surface area contributed by atoms with Crippen LogP contribution in [0.5, 0.6) is 5.88 Å². The van der Waals surface area contributed by atoms with Gasteiger partial charge in [-0.2, -0.15) is 13.2 Å². The summed E-state index contributed by atoms with van der Waals surface area (Å²) in [5.74, 6) is 0.126. The van der Waals surface area contributed by atoms with Crippen molar-refractivity contribution in [3.63, 3.8) is 0 Å². The van der Waals surface area contributed by atoms with Crippen LogP contribution in [0.1, 0.15) is 48.3 Å². The number of nitrogens with one attached hydrogen (secondary N) is 2. The van der Waals surface area contributed by atoms with Crippen molar-refractivity contribution in [3.8, 4) is 17.1 Å². The van der Waals surface area contributed by atoms with Gasteiger partial charge in [-0.3, -0.25) is 9.69 Å². The maximum absolute atomic E-state index is 13.9. The number of piperazine rings is 1. The molecule has 2 atom stereocenters. The van der Waals surface area contributed by atoms with E-state index in [-0.39, 0.29) is 42.5 Å². The van der Waals surface area contributed by atoms with Gasteiger partial charge in [-0.15, -0.1) is 0 Å². The summed E-state index contributed by atoms with van der Waals surface area (Å²) in [6, 6.07) is 10.8. The number of pyridine rings is 2. The highest BCUT2D eigenvalue weighted by Gasteiger charge is 2.41. The number of anilines is 2. The standard InChI is InChI=1S/C33H38F3N7O3/c1-3-23-20-41(32(45)43-16-13-21-7-5-9-25(29(21)43)33(34,35)36)17-18-42(23)27-11-10-26(24-8-6-14-38-31(24)46-4-2)40-28(27)30(44)39-22-12-15-37-19-22/h5-11,14,22-23,37H,3-4,12-13,15-20H2,1-2H3,(H,39,44)/t22-,23-/m1/s1. The number of urea groups is 1. The quantitative estimate of drug-likeness (QED) is 0.386. The monoisotopic (exact) mass is 637 g/mol. The Hall–Kier alpha value is -4.39. The molecule has 6 rings (SSSR count). The Bertz CT molecular complexity index is 1590. The van der Waals surface area contributed by atoms with Crippen LogP contribution in [0, 0.1) is 0 Å². The van der Waals surface area contributed by atoms with Crippen LogP contribution in [-0.2, 0) is 12.6 Å². The summed E-state index contributed by atoms with van der Waals surface area (Å²) in [7, 11) is 0.